The van der Waals surface area contributed by atoms with Gasteiger partial charge in [-0.25, -0.2) is 9.59 Å². The average Bonchev–Trinajstić information content (AvgIpc) is 2.81. The molecule has 178 valence electrons. The van der Waals surface area contributed by atoms with E-state index in [1.165, 1.54) is 14.2 Å². The number of benzene rings is 2. The lowest BCUT2D eigenvalue weighted by atomic mass is 10.1. The van der Waals surface area contributed by atoms with Gasteiger partial charge < -0.3 is 30.0 Å². The predicted octanol–water partition coefficient (Wildman–Crippen LogP) is 2.23. The molecule has 10 heteroatoms. The third kappa shape index (κ3) is 8.99. The molecular weight excluding hydrogens is 452 g/mol. The van der Waals surface area contributed by atoms with E-state index in [-0.39, 0.29) is 26.0 Å². The van der Waals surface area contributed by atoms with Gasteiger partial charge in [-0.3, -0.25) is 4.79 Å². The van der Waals surface area contributed by atoms with Crippen molar-refractivity contribution in [2.24, 2.45) is 0 Å². The van der Waals surface area contributed by atoms with Crippen LogP contribution in [0.1, 0.15) is 17.5 Å². The maximum atomic E-state index is 12.3. The van der Waals surface area contributed by atoms with E-state index in [0.717, 1.165) is 5.56 Å². The van der Waals surface area contributed by atoms with Gasteiger partial charge in [0.1, 0.15) is 18.4 Å². The van der Waals surface area contributed by atoms with Crippen molar-refractivity contribution in [3.8, 4) is 5.75 Å². The zero-order valence-corrected chi connectivity index (χ0v) is 19.1. The van der Waals surface area contributed by atoms with Crippen LogP contribution < -0.4 is 15.4 Å². The van der Waals surface area contributed by atoms with Crippen molar-refractivity contribution in [3.05, 3.63) is 64.7 Å². The Morgan fingerprint density at radius 1 is 1.06 bits per heavy atom. The minimum absolute atomic E-state index is 0.0828. The zero-order valence-electron chi connectivity index (χ0n) is 18.4. The summed E-state index contributed by atoms with van der Waals surface area (Å²) in [4.78, 5) is 36.2. The molecule has 0 spiro atoms. The maximum Gasteiger partial charge on any atom is 0.407 e. The fourth-order valence-electron chi connectivity index (χ4n) is 2.92. The van der Waals surface area contributed by atoms with E-state index < -0.39 is 30.1 Å². The highest BCUT2D eigenvalue weighted by molar-refractivity contribution is 6.32. The second kappa shape index (κ2) is 13.3. The summed E-state index contributed by atoms with van der Waals surface area (Å²) < 4.78 is 14.9. The van der Waals surface area contributed by atoms with Crippen LogP contribution >= 0.6 is 11.6 Å². The lowest BCUT2D eigenvalue weighted by Crippen LogP contribution is -2.45. The predicted molar refractivity (Wildman–Crippen MR) is 121 cm³/mol. The largest absolute Gasteiger partial charge is 0.495 e. The Balaban J connectivity index is 1.81. The fraction of sp³-hybridized carbons (Fsp3) is 0.348. The molecule has 9 nitrogen and oxygen atoms in total. The van der Waals surface area contributed by atoms with E-state index in [0.29, 0.717) is 16.3 Å². The monoisotopic (exact) mass is 478 g/mol. The van der Waals surface area contributed by atoms with Gasteiger partial charge in [-0.05, 0) is 23.3 Å². The van der Waals surface area contributed by atoms with Gasteiger partial charge in [0.15, 0.2) is 0 Å². The van der Waals surface area contributed by atoms with Crippen LogP contribution in [0, 0.1) is 0 Å². The normalized spacial score (nSPS) is 12.2. The number of carbonyl (C=O) groups is 3. The number of halogens is 1. The molecule has 2 rings (SSSR count). The third-order valence-electron chi connectivity index (χ3n) is 4.59. The number of aliphatic hydroxyl groups is 1. The lowest BCUT2D eigenvalue weighted by molar-refractivity contribution is -0.145. The van der Waals surface area contributed by atoms with Gasteiger partial charge in [-0.2, -0.15) is 0 Å². The van der Waals surface area contributed by atoms with Crippen molar-refractivity contribution < 1.29 is 33.7 Å². The summed E-state index contributed by atoms with van der Waals surface area (Å²) in [5.74, 6) is -0.749. The Hall–Kier alpha value is -3.30. The molecule has 2 aromatic carbocycles. The number of methoxy groups -OCH3 is 2. The van der Waals surface area contributed by atoms with Crippen LogP contribution in [0.5, 0.6) is 5.75 Å². The number of amides is 2. The van der Waals surface area contributed by atoms with Gasteiger partial charge in [0.2, 0.25) is 5.91 Å². The summed E-state index contributed by atoms with van der Waals surface area (Å²) in [5, 5.41) is 15.4. The SMILES string of the molecule is COC(=O)[C@H](Cc1ccc(OC)c(Cl)c1)NC(=O)C[C@@H](O)CNC(=O)OCc1ccccc1. The maximum absolute atomic E-state index is 12.3. The first-order chi connectivity index (χ1) is 15.8. The minimum Gasteiger partial charge on any atom is -0.495 e. The molecule has 0 aliphatic carbocycles. The summed E-state index contributed by atoms with van der Waals surface area (Å²) in [5.41, 5.74) is 1.50. The van der Waals surface area contributed by atoms with E-state index in [1.807, 2.05) is 30.3 Å². The first-order valence-corrected chi connectivity index (χ1v) is 10.5. The molecule has 33 heavy (non-hydrogen) atoms. The Kier molecular flexibility index (Phi) is 10.5. The summed E-state index contributed by atoms with van der Waals surface area (Å²) in [6, 6.07) is 13.1. The van der Waals surface area contributed by atoms with Crippen LogP contribution in [-0.2, 0) is 32.1 Å². The summed E-state index contributed by atoms with van der Waals surface area (Å²) >= 11 is 6.11. The van der Waals surface area contributed by atoms with E-state index >= 15 is 0 Å². The molecule has 0 saturated carbocycles. The van der Waals surface area contributed by atoms with Crippen LogP contribution in [0.2, 0.25) is 5.02 Å². The van der Waals surface area contributed by atoms with Crippen LogP contribution in [-0.4, -0.2) is 56.0 Å². The molecule has 0 aliphatic heterocycles. The quantitative estimate of drug-likeness (QED) is 0.423. The van der Waals surface area contributed by atoms with E-state index in [2.05, 4.69) is 10.6 Å². The highest BCUT2D eigenvalue weighted by Crippen LogP contribution is 2.25. The molecular formula is C23H27ClN2O7. The van der Waals surface area contributed by atoms with Gasteiger partial charge in [0, 0.05) is 13.0 Å². The molecule has 0 unspecified atom stereocenters. The molecule has 3 N–H and O–H groups in total. The van der Waals surface area contributed by atoms with Crippen molar-refractivity contribution in [1.29, 1.82) is 0 Å². The van der Waals surface area contributed by atoms with Crippen LogP contribution in [0.4, 0.5) is 4.79 Å². The van der Waals surface area contributed by atoms with Gasteiger partial charge in [0.05, 0.1) is 31.8 Å². The Morgan fingerprint density at radius 2 is 1.79 bits per heavy atom. The number of alkyl carbamates (subject to hydrolysis) is 1. The Morgan fingerprint density at radius 3 is 2.42 bits per heavy atom. The first-order valence-electron chi connectivity index (χ1n) is 10.1. The highest BCUT2D eigenvalue weighted by Gasteiger charge is 2.24. The molecule has 0 aromatic heterocycles. The van der Waals surface area contributed by atoms with Crippen molar-refractivity contribution in [2.45, 2.75) is 31.6 Å². The third-order valence-corrected chi connectivity index (χ3v) is 4.89. The van der Waals surface area contributed by atoms with E-state index in [9.17, 15) is 19.5 Å². The molecule has 2 aromatic rings. The van der Waals surface area contributed by atoms with Crippen LogP contribution in [0.25, 0.3) is 0 Å². The zero-order chi connectivity index (χ0) is 24.2. The number of ether oxygens (including phenoxy) is 3. The first kappa shape index (κ1) is 26.0. The molecule has 0 aliphatic rings. The second-order valence-corrected chi connectivity index (χ2v) is 7.52. The summed E-state index contributed by atoms with van der Waals surface area (Å²) in [7, 11) is 2.70. The fourth-order valence-corrected chi connectivity index (χ4v) is 3.20. The number of aliphatic hydroxyl groups excluding tert-OH is 1. The number of hydrogen-bond donors (Lipinski definition) is 3. The van der Waals surface area contributed by atoms with Crippen LogP contribution in [0.15, 0.2) is 48.5 Å². The Bertz CT molecular complexity index is 940. The molecule has 0 fully saturated rings. The number of nitrogens with one attached hydrogen (secondary N) is 2. The van der Waals surface area contributed by atoms with Gasteiger partial charge in [0.25, 0.3) is 0 Å². The topological polar surface area (TPSA) is 123 Å². The molecule has 0 heterocycles. The van der Waals surface area contributed by atoms with Crippen molar-refractivity contribution >= 4 is 29.6 Å². The minimum atomic E-state index is -1.18. The molecule has 2 amide bonds. The highest BCUT2D eigenvalue weighted by atomic mass is 35.5. The molecule has 0 bridgehead atoms. The number of carbonyl (C=O) groups excluding carboxylic acids is 3. The van der Waals surface area contributed by atoms with Gasteiger partial charge >= 0.3 is 12.1 Å². The average molecular weight is 479 g/mol. The van der Waals surface area contributed by atoms with Crippen LogP contribution in [0.3, 0.4) is 0 Å². The molecule has 0 radical (unpaired) electrons. The Labute approximate surface area is 197 Å². The number of hydrogen-bond acceptors (Lipinski definition) is 7. The van der Waals surface area contributed by atoms with Crippen molar-refractivity contribution in [3.63, 3.8) is 0 Å². The standard InChI is InChI=1S/C23H27ClN2O7/c1-31-20-9-8-16(10-18(20)24)11-19(22(29)32-2)26-21(28)12-17(27)13-25-23(30)33-14-15-6-4-3-5-7-15/h3-10,17,19,27H,11-14H2,1-2H3,(H,25,30)(H,26,28)/t17-,19+/m1/s1. The van der Waals surface area contributed by atoms with Crippen molar-refractivity contribution in [1.82, 2.24) is 10.6 Å². The van der Waals surface area contributed by atoms with Crippen molar-refractivity contribution in [2.75, 3.05) is 20.8 Å². The smallest absolute Gasteiger partial charge is 0.407 e. The van der Waals surface area contributed by atoms with E-state index in [1.54, 1.807) is 18.2 Å². The summed E-state index contributed by atoms with van der Waals surface area (Å²) in [6.45, 7) is -0.114. The lowest BCUT2D eigenvalue weighted by Gasteiger charge is -2.18. The molecule has 0 saturated heterocycles. The second-order valence-electron chi connectivity index (χ2n) is 7.12. The van der Waals surface area contributed by atoms with Gasteiger partial charge in [-0.15, -0.1) is 0 Å². The van der Waals surface area contributed by atoms with E-state index in [4.69, 9.17) is 25.8 Å². The molecule has 2 atom stereocenters. The summed E-state index contributed by atoms with van der Waals surface area (Å²) in [6.07, 6.45) is -2.11. The number of rotatable bonds is 11. The van der Waals surface area contributed by atoms with Gasteiger partial charge in [-0.1, -0.05) is 48.0 Å². The number of esters is 1.